The van der Waals surface area contributed by atoms with Gasteiger partial charge in [-0.05, 0) is 17.5 Å². The number of hydrogen-bond acceptors (Lipinski definition) is 0. The van der Waals surface area contributed by atoms with Crippen LogP contribution in [-0.2, 0) is 6.54 Å². The molecular weight excluding hydrogens is 194 g/mol. The Balaban J connectivity index is 2.29. The van der Waals surface area contributed by atoms with Gasteiger partial charge in [0.05, 0.1) is 0 Å². The van der Waals surface area contributed by atoms with Crippen LogP contribution >= 0.6 is 11.6 Å². The van der Waals surface area contributed by atoms with Crippen molar-refractivity contribution >= 4 is 22.5 Å². The largest absolute Gasteiger partial charge is 0.344 e. The summed E-state index contributed by atoms with van der Waals surface area (Å²) in [6, 6.07) is 10.5. The number of rotatable bonds is 3. The van der Waals surface area contributed by atoms with Crippen molar-refractivity contribution in [3.8, 4) is 0 Å². The van der Waals surface area contributed by atoms with Gasteiger partial charge in [0.25, 0.3) is 0 Å². The third kappa shape index (κ3) is 1.83. The van der Waals surface area contributed by atoms with Crippen LogP contribution in [0.2, 0.25) is 0 Å². The highest BCUT2D eigenvalue weighted by Crippen LogP contribution is 2.14. The van der Waals surface area contributed by atoms with E-state index in [-0.39, 0.29) is 0 Å². The second kappa shape index (κ2) is 4.34. The van der Waals surface area contributed by atoms with E-state index in [1.165, 1.54) is 10.9 Å². The maximum Gasteiger partial charge on any atom is 0.0483 e. The molecule has 0 amide bonds. The Morgan fingerprint density at radius 3 is 2.86 bits per heavy atom. The zero-order valence-electron chi connectivity index (χ0n) is 7.86. The quantitative estimate of drug-likeness (QED) is 0.535. The van der Waals surface area contributed by atoms with Crippen molar-refractivity contribution in [2.45, 2.75) is 6.54 Å². The highest BCUT2D eigenvalue weighted by atomic mass is 35.5. The van der Waals surface area contributed by atoms with Crippen molar-refractivity contribution in [1.82, 2.24) is 4.57 Å². The van der Waals surface area contributed by atoms with Crippen molar-refractivity contribution in [2.24, 2.45) is 0 Å². The van der Waals surface area contributed by atoms with Crippen LogP contribution in [-0.4, -0.2) is 10.4 Å². The fourth-order valence-corrected chi connectivity index (χ4v) is 1.68. The van der Waals surface area contributed by atoms with Gasteiger partial charge in [0.15, 0.2) is 0 Å². The number of alkyl halides is 1. The molecule has 0 atom stereocenters. The van der Waals surface area contributed by atoms with Crippen molar-refractivity contribution in [3.63, 3.8) is 0 Å². The third-order valence-electron chi connectivity index (χ3n) is 2.24. The molecule has 0 saturated heterocycles. The van der Waals surface area contributed by atoms with Crippen molar-refractivity contribution in [2.75, 3.05) is 5.88 Å². The average Bonchev–Trinajstić information content (AvgIpc) is 2.63. The average molecular weight is 206 g/mol. The summed E-state index contributed by atoms with van der Waals surface area (Å²) in [6.07, 6.45) is 6.15. The molecule has 0 saturated carbocycles. The molecule has 2 aromatic rings. The first-order valence-electron chi connectivity index (χ1n) is 4.66. The predicted octanol–water partition coefficient (Wildman–Crippen LogP) is 3.44. The van der Waals surface area contributed by atoms with E-state index >= 15 is 0 Å². The minimum absolute atomic E-state index is 0.583. The molecule has 1 nitrogen and oxygen atoms in total. The van der Waals surface area contributed by atoms with Crippen LogP contribution in [0.5, 0.6) is 0 Å². The minimum atomic E-state index is 0.583. The first kappa shape index (κ1) is 9.35. The molecule has 2 heteroatoms. The second-order valence-electron chi connectivity index (χ2n) is 3.15. The van der Waals surface area contributed by atoms with Gasteiger partial charge >= 0.3 is 0 Å². The number of hydrogen-bond donors (Lipinski definition) is 0. The number of para-hydroxylation sites is 1. The van der Waals surface area contributed by atoms with E-state index < -0.39 is 0 Å². The van der Waals surface area contributed by atoms with E-state index in [0.29, 0.717) is 5.88 Å². The highest BCUT2D eigenvalue weighted by molar-refractivity contribution is 6.18. The molecule has 0 radical (unpaired) electrons. The lowest BCUT2D eigenvalue weighted by Gasteiger charge is -1.99. The van der Waals surface area contributed by atoms with Crippen LogP contribution in [0, 0.1) is 0 Å². The highest BCUT2D eigenvalue weighted by Gasteiger charge is 1.96. The Kier molecular flexibility index (Phi) is 2.90. The summed E-state index contributed by atoms with van der Waals surface area (Å²) < 4.78 is 2.21. The number of benzene rings is 1. The molecule has 0 bridgehead atoms. The summed E-state index contributed by atoms with van der Waals surface area (Å²) in [4.78, 5) is 0. The minimum Gasteiger partial charge on any atom is -0.344 e. The fraction of sp³-hybridized carbons (Fsp3) is 0.167. The Hall–Kier alpha value is -1.21. The molecule has 0 N–H and O–H groups in total. The summed E-state index contributed by atoms with van der Waals surface area (Å²) in [6.45, 7) is 0.889. The van der Waals surface area contributed by atoms with Crippen LogP contribution in [0.25, 0.3) is 10.9 Å². The maximum absolute atomic E-state index is 5.56. The lowest BCUT2D eigenvalue weighted by molar-refractivity contribution is 0.862. The number of halogens is 1. The summed E-state index contributed by atoms with van der Waals surface area (Å²) >= 11 is 5.56. The molecule has 72 valence electrons. The lowest BCUT2D eigenvalue weighted by Crippen LogP contribution is -1.91. The molecule has 0 spiro atoms. The Labute approximate surface area is 88.6 Å². The summed E-state index contributed by atoms with van der Waals surface area (Å²) in [5.41, 5.74) is 1.27. The van der Waals surface area contributed by atoms with Crippen molar-refractivity contribution < 1.29 is 0 Å². The van der Waals surface area contributed by atoms with Gasteiger partial charge < -0.3 is 4.57 Å². The second-order valence-corrected chi connectivity index (χ2v) is 3.46. The molecular formula is C12H12ClN. The lowest BCUT2D eigenvalue weighted by atomic mass is 10.2. The first-order chi connectivity index (χ1) is 6.92. The SMILES string of the molecule is ClC/C=C/Cn1ccc2ccccc21. The monoisotopic (exact) mass is 205 g/mol. The van der Waals surface area contributed by atoms with Gasteiger partial charge in [0, 0.05) is 24.1 Å². The zero-order chi connectivity index (χ0) is 9.80. The molecule has 0 aliphatic carbocycles. The molecule has 0 aliphatic heterocycles. The van der Waals surface area contributed by atoms with Crippen LogP contribution < -0.4 is 0 Å². The molecule has 1 aromatic carbocycles. The maximum atomic E-state index is 5.56. The van der Waals surface area contributed by atoms with Gasteiger partial charge in [-0.2, -0.15) is 0 Å². The number of aromatic nitrogens is 1. The van der Waals surface area contributed by atoms with Gasteiger partial charge in [0.2, 0.25) is 0 Å². The number of fused-ring (bicyclic) bond motifs is 1. The summed E-state index contributed by atoms with van der Waals surface area (Å²) in [5, 5.41) is 1.28. The smallest absolute Gasteiger partial charge is 0.0483 e. The Morgan fingerprint density at radius 2 is 2.00 bits per heavy atom. The Morgan fingerprint density at radius 1 is 1.14 bits per heavy atom. The van der Waals surface area contributed by atoms with E-state index in [1.54, 1.807) is 0 Å². The van der Waals surface area contributed by atoms with Crippen molar-refractivity contribution in [3.05, 3.63) is 48.7 Å². The topological polar surface area (TPSA) is 4.93 Å². The molecule has 0 unspecified atom stereocenters. The van der Waals surface area contributed by atoms with E-state index in [9.17, 15) is 0 Å². The van der Waals surface area contributed by atoms with E-state index in [0.717, 1.165) is 6.54 Å². The predicted molar refractivity (Wildman–Crippen MR) is 61.8 cm³/mol. The van der Waals surface area contributed by atoms with Crippen molar-refractivity contribution in [1.29, 1.82) is 0 Å². The van der Waals surface area contributed by atoms with Gasteiger partial charge in [-0.1, -0.05) is 30.4 Å². The molecule has 1 heterocycles. The van der Waals surface area contributed by atoms with E-state index in [1.807, 2.05) is 6.08 Å². The first-order valence-corrected chi connectivity index (χ1v) is 5.20. The van der Waals surface area contributed by atoms with Gasteiger partial charge in [-0.25, -0.2) is 0 Å². The zero-order valence-corrected chi connectivity index (χ0v) is 8.61. The fourth-order valence-electron chi connectivity index (χ4n) is 1.55. The van der Waals surface area contributed by atoms with Crippen LogP contribution in [0.15, 0.2) is 48.7 Å². The molecule has 14 heavy (non-hydrogen) atoms. The van der Waals surface area contributed by atoms with E-state index in [4.69, 9.17) is 11.6 Å². The van der Waals surface area contributed by atoms with Crippen LogP contribution in [0.4, 0.5) is 0 Å². The molecule has 0 aliphatic rings. The standard InChI is InChI=1S/C12H12ClN/c13-8-3-4-9-14-10-7-11-5-1-2-6-12(11)14/h1-7,10H,8-9H2/b4-3+. The van der Waals surface area contributed by atoms with Crippen LogP contribution in [0.3, 0.4) is 0 Å². The summed E-state index contributed by atoms with van der Waals surface area (Å²) in [7, 11) is 0. The van der Waals surface area contributed by atoms with Crippen LogP contribution in [0.1, 0.15) is 0 Å². The van der Waals surface area contributed by atoms with Gasteiger partial charge in [-0.3, -0.25) is 0 Å². The number of nitrogens with zero attached hydrogens (tertiary/aromatic N) is 1. The molecule has 0 fully saturated rings. The molecule has 2 rings (SSSR count). The van der Waals surface area contributed by atoms with E-state index in [2.05, 4.69) is 47.2 Å². The van der Waals surface area contributed by atoms with Gasteiger partial charge in [-0.15, -0.1) is 11.6 Å². The third-order valence-corrected chi connectivity index (χ3v) is 2.42. The Bertz CT molecular complexity index is 442. The summed E-state index contributed by atoms with van der Waals surface area (Å²) in [5.74, 6) is 0.583. The number of allylic oxidation sites excluding steroid dienone is 2. The molecule has 1 aromatic heterocycles. The normalized spacial score (nSPS) is 11.5. The van der Waals surface area contributed by atoms with Gasteiger partial charge in [0.1, 0.15) is 0 Å².